The fourth-order valence-electron chi connectivity index (χ4n) is 1.38. The number of hydrogen-bond donors (Lipinski definition) is 3. The van der Waals surface area contributed by atoms with Crippen LogP contribution in [0.15, 0.2) is 6.20 Å². The van der Waals surface area contributed by atoms with Crippen molar-refractivity contribution in [1.82, 2.24) is 10.3 Å². The number of nitrogen functional groups attached to an aromatic ring is 1. The maximum absolute atomic E-state index is 10.3. The van der Waals surface area contributed by atoms with Crippen LogP contribution >= 0.6 is 23.6 Å². The first-order valence-corrected chi connectivity index (χ1v) is 8.47. The molecule has 0 aromatic carbocycles. The predicted octanol–water partition coefficient (Wildman–Crippen LogP) is 2.65. The third-order valence-electron chi connectivity index (χ3n) is 2.53. The van der Waals surface area contributed by atoms with Crippen LogP contribution in [0.5, 0.6) is 0 Å². The number of nitrogens with two attached hydrogens (primary N) is 2. The van der Waals surface area contributed by atoms with Gasteiger partial charge < -0.3 is 16.8 Å². The molecule has 5 nitrogen and oxygen atoms in total. The third kappa shape index (κ3) is 12.3. The minimum absolute atomic E-state index is 0.155. The number of hydrogen-bond acceptors (Lipinski definition) is 5. The molecule has 0 aliphatic heterocycles. The Labute approximate surface area is 136 Å². The zero-order valence-corrected chi connectivity index (χ0v) is 14.5. The SMILES string of the molecule is CCCCC(=S)NCC(N)=O.CCCCc1ncc(N)s1. The molecule has 0 spiro atoms. The summed E-state index contributed by atoms with van der Waals surface area (Å²) in [7, 11) is 0. The number of nitrogens with one attached hydrogen (secondary N) is 1. The molecule has 0 saturated heterocycles. The molecule has 7 heteroatoms. The molecule has 0 radical (unpaired) electrons. The molecule has 1 amide bonds. The van der Waals surface area contributed by atoms with Crippen molar-refractivity contribution in [2.24, 2.45) is 5.73 Å². The Kier molecular flexibility index (Phi) is 11.8. The van der Waals surface area contributed by atoms with Crippen molar-refractivity contribution in [3.05, 3.63) is 11.2 Å². The minimum atomic E-state index is -0.371. The van der Waals surface area contributed by atoms with Gasteiger partial charge in [0.25, 0.3) is 0 Å². The van der Waals surface area contributed by atoms with E-state index in [1.807, 2.05) is 0 Å². The normalized spacial score (nSPS) is 9.62. The average molecular weight is 331 g/mol. The second kappa shape index (κ2) is 12.5. The fraction of sp³-hybridized carbons (Fsp3) is 0.643. The van der Waals surface area contributed by atoms with Crippen LogP contribution in [0, 0.1) is 0 Å². The summed E-state index contributed by atoms with van der Waals surface area (Å²) in [4.78, 5) is 15.2. The van der Waals surface area contributed by atoms with E-state index in [9.17, 15) is 4.79 Å². The number of rotatable bonds is 8. The van der Waals surface area contributed by atoms with Crippen LogP contribution in [0.25, 0.3) is 0 Å². The number of aromatic nitrogens is 1. The van der Waals surface area contributed by atoms with Gasteiger partial charge in [-0.1, -0.05) is 38.9 Å². The fourth-order valence-corrected chi connectivity index (χ4v) is 2.33. The Morgan fingerprint density at radius 1 is 1.38 bits per heavy atom. The summed E-state index contributed by atoms with van der Waals surface area (Å²) >= 11 is 6.51. The Morgan fingerprint density at radius 3 is 2.52 bits per heavy atom. The molecular weight excluding hydrogens is 304 g/mol. The summed E-state index contributed by atoms with van der Waals surface area (Å²) in [5.41, 5.74) is 10.4. The highest BCUT2D eigenvalue weighted by molar-refractivity contribution is 7.80. The molecule has 0 aliphatic rings. The van der Waals surface area contributed by atoms with E-state index in [0.717, 1.165) is 35.7 Å². The van der Waals surface area contributed by atoms with Gasteiger partial charge in [-0.3, -0.25) is 4.79 Å². The zero-order chi connectivity index (χ0) is 16.1. The van der Waals surface area contributed by atoms with E-state index in [1.54, 1.807) is 17.5 Å². The number of unbranched alkanes of at least 4 members (excludes halogenated alkanes) is 2. The van der Waals surface area contributed by atoms with Crippen LogP contribution < -0.4 is 16.8 Å². The molecule has 0 fully saturated rings. The number of primary amides is 1. The van der Waals surface area contributed by atoms with E-state index in [-0.39, 0.29) is 12.5 Å². The Hall–Kier alpha value is -1.21. The highest BCUT2D eigenvalue weighted by atomic mass is 32.1. The van der Waals surface area contributed by atoms with E-state index in [2.05, 4.69) is 24.1 Å². The first-order valence-electron chi connectivity index (χ1n) is 7.24. The van der Waals surface area contributed by atoms with Gasteiger partial charge in [-0.25, -0.2) is 4.98 Å². The van der Waals surface area contributed by atoms with Gasteiger partial charge in [0.05, 0.1) is 22.7 Å². The van der Waals surface area contributed by atoms with E-state index in [0.29, 0.717) is 0 Å². The van der Waals surface area contributed by atoms with E-state index < -0.39 is 0 Å². The Bertz CT molecular complexity index is 421. The lowest BCUT2D eigenvalue weighted by Crippen LogP contribution is -2.32. The van der Waals surface area contributed by atoms with Crippen LogP contribution in [0.2, 0.25) is 0 Å². The Balaban J connectivity index is 0.000000382. The molecule has 1 rings (SSSR count). The quantitative estimate of drug-likeness (QED) is 0.637. The number of thiazole rings is 1. The lowest BCUT2D eigenvalue weighted by atomic mass is 10.2. The minimum Gasteiger partial charge on any atom is -0.389 e. The van der Waals surface area contributed by atoms with Gasteiger partial charge in [-0.05, 0) is 25.7 Å². The first-order chi connectivity index (χ1) is 9.99. The molecule has 0 bridgehead atoms. The average Bonchev–Trinajstić information content (AvgIpc) is 2.87. The van der Waals surface area contributed by atoms with E-state index >= 15 is 0 Å². The monoisotopic (exact) mass is 330 g/mol. The molecule has 0 aliphatic carbocycles. The van der Waals surface area contributed by atoms with Gasteiger partial charge in [0.15, 0.2) is 0 Å². The molecule has 0 unspecified atom stereocenters. The van der Waals surface area contributed by atoms with Crippen molar-refractivity contribution in [2.75, 3.05) is 12.3 Å². The van der Waals surface area contributed by atoms with Gasteiger partial charge in [0.2, 0.25) is 5.91 Å². The second-order valence-electron chi connectivity index (χ2n) is 4.61. The van der Waals surface area contributed by atoms with E-state index in [1.165, 1.54) is 17.8 Å². The van der Waals surface area contributed by atoms with Crippen LogP contribution in [0.3, 0.4) is 0 Å². The lowest BCUT2D eigenvalue weighted by molar-refractivity contribution is -0.116. The summed E-state index contributed by atoms with van der Waals surface area (Å²) < 4.78 is 0. The first kappa shape index (κ1) is 19.8. The zero-order valence-electron chi connectivity index (χ0n) is 12.9. The smallest absolute Gasteiger partial charge is 0.236 e. The molecule has 1 aromatic rings. The topological polar surface area (TPSA) is 94.0 Å². The summed E-state index contributed by atoms with van der Waals surface area (Å²) in [5, 5.41) is 4.76. The maximum Gasteiger partial charge on any atom is 0.236 e. The van der Waals surface area contributed by atoms with Gasteiger partial charge in [-0.2, -0.15) is 0 Å². The number of thiocarbonyl (C=S) groups is 1. The molecule has 5 N–H and O–H groups in total. The summed E-state index contributed by atoms with van der Waals surface area (Å²) in [6.07, 6.45) is 8.27. The van der Waals surface area contributed by atoms with Crippen LogP contribution in [0.1, 0.15) is 51.0 Å². The summed E-state index contributed by atoms with van der Waals surface area (Å²) in [6.45, 7) is 4.43. The second-order valence-corrected chi connectivity index (χ2v) is 6.25. The molecule has 0 saturated carbocycles. The largest absolute Gasteiger partial charge is 0.389 e. The number of amides is 1. The molecule has 0 atom stereocenters. The highest BCUT2D eigenvalue weighted by Gasteiger charge is 1.97. The molecular formula is C14H26N4OS2. The van der Waals surface area contributed by atoms with Gasteiger partial charge in [-0.15, -0.1) is 11.3 Å². The molecule has 21 heavy (non-hydrogen) atoms. The van der Waals surface area contributed by atoms with Gasteiger partial charge in [0.1, 0.15) is 5.00 Å². The number of carbonyl (C=O) groups excluding carboxylic acids is 1. The van der Waals surface area contributed by atoms with Crippen LogP contribution in [-0.4, -0.2) is 22.4 Å². The van der Waals surface area contributed by atoms with Crippen LogP contribution in [-0.2, 0) is 11.2 Å². The van der Waals surface area contributed by atoms with E-state index in [4.69, 9.17) is 23.7 Å². The maximum atomic E-state index is 10.3. The Morgan fingerprint density at radius 2 is 2.05 bits per heavy atom. The number of anilines is 1. The van der Waals surface area contributed by atoms with Crippen LogP contribution in [0.4, 0.5) is 5.00 Å². The van der Waals surface area contributed by atoms with Crippen molar-refractivity contribution in [3.63, 3.8) is 0 Å². The van der Waals surface area contributed by atoms with Gasteiger partial charge in [0, 0.05) is 0 Å². The van der Waals surface area contributed by atoms with Gasteiger partial charge >= 0.3 is 0 Å². The van der Waals surface area contributed by atoms with Crippen molar-refractivity contribution in [2.45, 2.75) is 52.4 Å². The molecule has 120 valence electrons. The highest BCUT2D eigenvalue weighted by Crippen LogP contribution is 2.16. The summed E-state index contributed by atoms with van der Waals surface area (Å²) in [6, 6.07) is 0. The molecule has 1 heterocycles. The number of carbonyl (C=O) groups is 1. The standard InChI is InChI=1S/C7H14N2OS.C7H12N2S/c1-2-3-4-7(11)9-5-6(8)10;1-2-3-4-7-9-5-6(8)10-7/h2-5H2,1H3,(H2,8,10)(H,9,11);5H,2-4,8H2,1H3. The number of aryl methyl sites for hydroxylation is 1. The van der Waals surface area contributed by atoms with Crippen molar-refractivity contribution in [3.8, 4) is 0 Å². The molecule has 1 aromatic heterocycles. The number of nitrogens with zero attached hydrogens (tertiary/aromatic N) is 1. The lowest BCUT2D eigenvalue weighted by Gasteiger charge is -2.03. The van der Waals surface area contributed by atoms with Crippen molar-refractivity contribution < 1.29 is 4.79 Å². The predicted molar refractivity (Wildman–Crippen MR) is 94.5 cm³/mol. The van der Waals surface area contributed by atoms with Crippen molar-refractivity contribution >= 4 is 39.5 Å². The summed E-state index contributed by atoms with van der Waals surface area (Å²) in [5.74, 6) is -0.371. The third-order valence-corrected chi connectivity index (χ3v) is 3.77. The van der Waals surface area contributed by atoms with Crippen molar-refractivity contribution in [1.29, 1.82) is 0 Å².